The van der Waals surface area contributed by atoms with Gasteiger partial charge in [0.05, 0.1) is 16.5 Å². The quantitative estimate of drug-likeness (QED) is 0.829. The van der Waals surface area contributed by atoms with E-state index in [0.717, 1.165) is 23.0 Å². The minimum Gasteiger partial charge on any atom is -0.358 e. The van der Waals surface area contributed by atoms with Gasteiger partial charge >= 0.3 is 0 Å². The molecule has 0 aliphatic heterocycles. The highest BCUT2D eigenvalue weighted by atomic mass is 35.5. The monoisotopic (exact) mass is 330 g/mol. The minimum atomic E-state index is -0.102. The average molecular weight is 331 g/mol. The Bertz CT molecular complexity index is 490. The standard InChI is InChI=1S/C14H19ClN2OS2/c1-4-17(5-2)14(19)20-9-13(18)16-12-7-6-10(3)8-11(12)15/h6-8H,4-5,9H2,1-3H3,(H,16,18). The number of carbonyl (C=O) groups excluding carboxylic acids is 1. The van der Waals surface area contributed by atoms with Crippen LogP contribution in [0.3, 0.4) is 0 Å². The van der Waals surface area contributed by atoms with Gasteiger partial charge in [0.15, 0.2) is 0 Å². The van der Waals surface area contributed by atoms with Crippen molar-refractivity contribution in [3.63, 3.8) is 0 Å². The van der Waals surface area contributed by atoms with Crippen molar-refractivity contribution in [1.82, 2.24) is 4.90 Å². The Morgan fingerprint density at radius 2 is 2.05 bits per heavy atom. The molecule has 110 valence electrons. The Hall–Kier alpha value is -0.780. The maximum atomic E-state index is 11.9. The Morgan fingerprint density at radius 1 is 1.40 bits per heavy atom. The van der Waals surface area contributed by atoms with Crippen LogP contribution in [0.5, 0.6) is 0 Å². The second-order valence-corrected chi connectivity index (χ2v) is 6.27. The molecule has 0 bridgehead atoms. The van der Waals surface area contributed by atoms with E-state index in [1.54, 1.807) is 0 Å². The molecule has 6 heteroatoms. The van der Waals surface area contributed by atoms with Crippen LogP contribution in [0.1, 0.15) is 19.4 Å². The summed E-state index contributed by atoms with van der Waals surface area (Å²) in [6.07, 6.45) is 0. The molecule has 0 atom stereocenters. The van der Waals surface area contributed by atoms with Crippen LogP contribution in [-0.2, 0) is 4.79 Å². The third-order valence-corrected chi connectivity index (χ3v) is 4.58. The van der Waals surface area contributed by atoms with Crippen molar-refractivity contribution in [2.75, 3.05) is 24.2 Å². The van der Waals surface area contributed by atoms with Gasteiger partial charge in [-0.3, -0.25) is 4.79 Å². The Balaban J connectivity index is 2.50. The first kappa shape index (κ1) is 17.3. The van der Waals surface area contributed by atoms with Crippen molar-refractivity contribution in [3.05, 3.63) is 28.8 Å². The molecule has 0 fully saturated rings. The van der Waals surface area contributed by atoms with E-state index in [0.29, 0.717) is 16.5 Å². The molecule has 1 aromatic carbocycles. The third-order valence-electron chi connectivity index (χ3n) is 2.75. The smallest absolute Gasteiger partial charge is 0.234 e. The summed E-state index contributed by atoms with van der Waals surface area (Å²) in [4.78, 5) is 13.9. The summed E-state index contributed by atoms with van der Waals surface area (Å²) < 4.78 is 0.750. The highest BCUT2D eigenvalue weighted by Crippen LogP contribution is 2.23. The van der Waals surface area contributed by atoms with Crippen molar-refractivity contribution >= 4 is 51.5 Å². The van der Waals surface area contributed by atoms with Gasteiger partial charge in [-0.25, -0.2) is 0 Å². The normalized spacial score (nSPS) is 10.2. The largest absolute Gasteiger partial charge is 0.358 e. The summed E-state index contributed by atoms with van der Waals surface area (Å²) in [5.41, 5.74) is 1.70. The van der Waals surface area contributed by atoms with E-state index in [4.69, 9.17) is 23.8 Å². The molecule has 0 aromatic heterocycles. The first-order chi connectivity index (χ1) is 9.47. The van der Waals surface area contributed by atoms with Gasteiger partial charge in [0.1, 0.15) is 4.32 Å². The Morgan fingerprint density at radius 3 is 2.60 bits per heavy atom. The van der Waals surface area contributed by atoms with Crippen molar-refractivity contribution in [3.8, 4) is 0 Å². The maximum Gasteiger partial charge on any atom is 0.234 e. The maximum absolute atomic E-state index is 11.9. The Kier molecular flexibility index (Phi) is 7.34. The summed E-state index contributed by atoms with van der Waals surface area (Å²) in [5, 5.41) is 3.35. The van der Waals surface area contributed by atoms with E-state index in [9.17, 15) is 4.79 Å². The molecule has 0 unspecified atom stereocenters. The zero-order chi connectivity index (χ0) is 15.1. The summed E-state index contributed by atoms with van der Waals surface area (Å²) in [5.74, 6) is 0.190. The molecule has 0 spiro atoms. The molecular formula is C14H19ClN2OS2. The number of carbonyl (C=O) groups is 1. The van der Waals surface area contributed by atoms with Crippen molar-refractivity contribution < 1.29 is 4.79 Å². The fourth-order valence-corrected chi connectivity index (χ4v) is 3.09. The summed E-state index contributed by atoms with van der Waals surface area (Å²) in [6.45, 7) is 7.75. The number of hydrogen-bond acceptors (Lipinski definition) is 3. The lowest BCUT2D eigenvalue weighted by Gasteiger charge is -2.20. The molecule has 1 N–H and O–H groups in total. The number of amides is 1. The number of thiocarbonyl (C=S) groups is 1. The summed E-state index contributed by atoms with van der Waals surface area (Å²) >= 11 is 12.7. The molecule has 0 aliphatic carbocycles. The number of nitrogens with one attached hydrogen (secondary N) is 1. The summed E-state index contributed by atoms with van der Waals surface area (Å²) in [7, 11) is 0. The zero-order valence-electron chi connectivity index (χ0n) is 11.9. The van der Waals surface area contributed by atoms with Gasteiger partial charge in [-0.2, -0.15) is 0 Å². The van der Waals surface area contributed by atoms with Crippen molar-refractivity contribution in [2.24, 2.45) is 0 Å². The highest BCUT2D eigenvalue weighted by Gasteiger charge is 2.10. The van der Waals surface area contributed by atoms with Gasteiger partial charge in [0.25, 0.3) is 0 Å². The van der Waals surface area contributed by atoms with Crippen molar-refractivity contribution in [2.45, 2.75) is 20.8 Å². The summed E-state index contributed by atoms with van der Waals surface area (Å²) in [6, 6.07) is 5.54. The van der Waals surface area contributed by atoms with Crippen LogP contribution in [0.2, 0.25) is 5.02 Å². The van der Waals surface area contributed by atoms with E-state index in [2.05, 4.69) is 5.32 Å². The number of anilines is 1. The van der Waals surface area contributed by atoms with E-state index in [1.807, 2.05) is 43.9 Å². The average Bonchev–Trinajstić information content (AvgIpc) is 2.41. The van der Waals surface area contributed by atoms with Crippen LogP contribution in [0, 0.1) is 6.92 Å². The number of halogens is 1. The fourth-order valence-electron chi connectivity index (χ4n) is 1.61. The molecule has 20 heavy (non-hydrogen) atoms. The molecule has 0 saturated carbocycles. The number of aryl methyl sites for hydroxylation is 1. The highest BCUT2D eigenvalue weighted by molar-refractivity contribution is 8.23. The molecule has 1 aromatic rings. The molecule has 1 amide bonds. The second kappa shape index (κ2) is 8.49. The lowest BCUT2D eigenvalue weighted by atomic mass is 10.2. The van der Waals surface area contributed by atoms with Gasteiger partial charge in [-0.15, -0.1) is 0 Å². The number of hydrogen-bond donors (Lipinski definition) is 1. The predicted molar refractivity (Wildman–Crippen MR) is 92.8 cm³/mol. The number of thioether (sulfide) groups is 1. The van der Waals surface area contributed by atoms with Crippen LogP contribution in [0.25, 0.3) is 0 Å². The molecule has 0 aliphatic rings. The molecule has 1 rings (SSSR count). The topological polar surface area (TPSA) is 32.3 Å². The van der Waals surface area contributed by atoms with Gasteiger partial charge in [0.2, 0.25) is 5.91 Å². The SMILES string of the molecule is CCN(CC)C(=S)SCC(=O)Nc1ccc(C)cc1Cl. The molecule has 3 nitrogen and oxygen atoms in total. The van der Waals surface area contributed by atoms with Crippen LogP contribution in [0.4, 0.5) is 5.69 Å². The first-order valence-corrected chi connectivity index (χ1v) is 8.22. The molecule has 0 radical (unpaired) electrons. The van der Waals surface area contributed by atoms with Crippen LogP contribution >= 0.6 is 35.6 Å². The Labute approximate surface area is 135 Å². The van der Waals surface area contributed by atoms with Gasteiger partial charge in [-0.1, -0.05) is 41.6 Å². The van der Waals surface area contributed by atoms with Crippen molar-refractivity contribution in [1.29, 1.82) is 0 Å². The minimum absolute atomic E-state index is 0.102. The van der Waals surface area contributed by atoms with E-state index < -0.39 is 0 Å². The number of rotatable bonds is 5. The second-order valence-electron chi connectivity index (χ2n) is 4.26. The third kappa shape index (κ3) is 5.31. The van der Waals surface area contributed by atoms with Crippen LogP contribution in [0.15, 0.2) is 18.2 Å². The predicted octanol–water partition coefficient (Wildman–Crippen LogP) is 3.95. The van der Waals surface area contributed by atoms with Crippen LogP contribution < -0.4 is 5.32 Å². The molecular weight excluding hydrogens is 312 g/mol. The van der Waals surface area contributed by atoms with Gasteiger partial charge in [-0.05, 0) is 38.5 Å². The van der Waals surface area contributed by atoms with Gasteiger partial charge < -0.3 is 10.2 Å². The van der Waals surface area contributed by atoms with E-state index in [-0.39, 0.29) is 5.91 Å². The van der Waals surface area contributed by atoms with Gasteiger partial charge in [0, 0.05) is 13.1 Å². The zero-order valence-corrected chi connectivity index (χ0v) is 14.3. The number of nitrogens with zero attached hydrogens (tertiary/aromatic N) is 1. The molecule has 0 heterocycles. The fraction of sp³-hybridized carbons (Fsp3) is 0.429. The van der Waals surface area contributed by atoms with E-state index in [1.165, 1.54) is 11.8 Å². The molecule has 0 saturated heterocycles. The van der Waals surface area contributed by atoms with Crippen LogP contribution in [-0.4, -0.2) is 34.0 Å². The lowest BCUT2D eigenvalue weighted by molar-refractivity contribution is -0.113. The first-order valence-electron chi connectivity index (χ1n) is 6.45. The lowest BCUT2D eigenvalue weighted by Crippen LogP contribution is -2.28. The van der Waals surface area contributed by atoms with E-state index >= 15 is 0 Å². The number of benzene rings is 1.